The van der Waals surface area contributed by atoms with Gasteiger partial charge in [-0.25, -0.2) is 4.39 Å². The van der Waals surface area contributed by atoms with E-state index in [4.69, 9.17) is 16.3 Å². The zero-order chi connectivity index (χ0) is 15.1. The first-order valence-corrected chi connectivity index (χ1v) is 7.41. The van der Waals surface area contributed by atoms with Gasteiger partial charge in [0.1, 0.15) is 11.6 Å². The molecule has 0 radical (unpaired) electrons. The SMILES string of the molecule is COc1ccc(CN(CCCl)Cc2ccccc2)c(F)c1. The van der Waals surface area contributed by atoms with Gasteiger partial charge in [-0.05, 0) is 11.6 Å². The van der Waals surface area contributed by atoms with Crippen LogP contribution in [0.1, 0.15) is 11.1 Å². The molecular formula is C17H19ClFNO. The number of methoxy groups -OCH3 is 1. The predicted molar refractivity (Wildman–Crippen MR) is 84.2 cm³/mol. The van der Waals surface area contributed by atoms with E-state index < -0.39 is 0 Å². The van der Waals surface area contributed by atoms with Gasteiger partial charge in [-0.1, -0.05) is 36.4 Å². The molecule has 0 unspecified atom stereocenters. The lowest BCUT2D eigenvalue weighted by Crippen LogP contribution is -2.25. The Morgan fingerprint density at radius 1 is 1.10 bits per heavy atom. The van der Waals surface area contributed by atoms with Crippen LogP contribution in [0.4, 0.5) is 4.39 Å². The highest BCUT2D eigenvalue weighted by molar-refractivity contribution is 6.18. The molecule has 0 heterocycles. The van der Waals surface area contributed by atoms with E-state index in [1.165, 1.54) is 18.7 Å². The third-order valence-electron chi connectivity index (χ3n) is 3.30. The second kappa shape index (κ2) is 8.01. The summed E-state index contributed by atoms with van der Waals surface area (Å²) >= 11 is 5.86. The summed E-state index contributed by atoms with van der Waals surface area (Å²) in [5, 5.41) is 0. The number of benzene rings is 2. The van der Waals surface area contributed by atoms with Crippen LogP contribution < -0.4 is 4.74 Å². The molecule has 2 aromatic rings. The molecule has 0 aliphatic rings. The van der Waals surface area contributed by atoms with E-state index in [1.54, 1.807) is 12.1 Å². The normalized spacial score (nSPS) is 10.9. The maximum Gasteiger partial charge on any atom is 0.131 e. The van der Waals surface area contributed by atoms with E-state index in [0.29, 0.717) is 30.3 Å². The second-order valence-electron chi connectivity index (χ2n) is 4.84. The lowest BCUT2D eigenvalue weighted by molar-refractivity contribution is 0.268. The van der Waals surface area contributed by atoms with Crippen molar-refractivity contribution in [3.05, 3.63) is 65.5 Å². The molecule has 0 aromatic heterocycles. The van der Waals surface area contributed by atoms with Crippen LogP contribution in [0.15, 0.2) is 48.5 Å². The number of ether oxygens (including phenoxy) is 1. The van der Waals surface area contributed by atoms with Crippen LogP contribution >= 0.6 is 11.6 Å². The van der Waals surface area contributed by atoms with E-state index >= 15 is 0 Å². The average molecular weight is 308 g/mol. The molecule has 112 valence electrons. The molecule has 0 saturated heterocycles. The Bertz CT molecular complexity index is 562. The lowest BCUT2D eigenvalue weighted by Gasteiger charge is -2.22. The van der Waals surface area contributed by atoms with Crippen LogP contribution in [0.2, 0.25) is 0 Å². The predicted octanol–water partition coefficient (Wildman–Crippen LogP) is 4.08. The van der Waals surface area contributed by atoms with Crippen LogP contribution in [0, 0.1) is 5.82 Å². The Morgan fingerprint density at radius 3 is 2.48 bits per heavy atom. The summed E-state index contributed by atoms with van der Waals surface area (Å²) in [7, 11) is 1.53. The van der Waals surface area contributed by atoms with Gasteiger partial charge in [0, 0.05) is 37.1 Å². The minimum absolute atomic E-state index is 0.248. The number of alkyl halides is 1. The molecule has 0 amide bonds. The monoisotopic (exact) mass is 307 g/mol. The quantitative estimate of drug-likeness (QED) is 0.715. The lowest BCUT2D eigenvalue weighted by atomic mass is 10.1. The molecule has 21 heavy (non-hydrogen) atoms. The molecule has 2 nitrogen and oxygen atoms in total. The van der Waals surface area contributed by atoms with Gasteiger partial charge in [0.25, 0.3) is 0 Å². The van der Waals surface area contributed by atoms with E-state index in [1.807, 2.05) is 18.2 Å². The summed E-state index contributed by atoms with van der Waals surface area (Å²) in [4.78, 5) is 2.13. The molecule has 0 spiro atoms. The zero-order valence-corrected chi connectivity index (χ0v) is 12.8. The maximum absolute atomic E-state index is 14.0. The van der Waals surface area contributed by atoms with Crippen molar-refractivity contribution in [2.24, 2.45) is 0 Å². The van der Waals surface area contributed by atoms with Gasteiger partial charge in [-0.3, -0.25) is 4.90 Å². The van der Waals surface area contributed by atoms with Gasteiger partial charge in [0.05, 0.1) is 7.11 Å². The molecule has 0 saturated carbocycles. The standard InChI is InChI=1S/C17H19ClFNO/c1-21-16-8-7-15(17(19)11-16)13-20(10-9-18)12-14-5-3-2-4-6-14/h2-8,11H,9-10,12-13H2,1H3. The first-order chi connectivity index (χ1) is 10.2. The van der Waals surface area contributed by atoms with Gasteiger partial charge >= 0.3 is 0 Å². The Hall–Kier alpha value is -1.58. The third kappa shape index (κ3) is 4.73. The smallest absolute Gasteiger partial charge is 0.131 e. The highest BCUT2D eigenvalue weighted by Gasteiger charge is 2.10. The van der Waals surface area contributed by atoms with Gasteiger partial charge in [-0.2, -0.15) is 0 Å². The summed E-state index contributed by atoms with van der Waals surface area (Å²) < 4.78 is 19.1. The molecule has 0 aliphatic heterocycles. The van der Waals surface area contributed by atoms with Crippen molar-refractivity contribution in [1.29, 1.82) is 0 Å². The number of rotatable bonds is 7. The van der Waals surface area contributed by atoms with E-state index in [2.05, 4.69) is 17.0 Å². The van der Waals surface area contributed by atoms with E-state index in [-0.39, 0.29) is 5.82 Å². The van der Waals surface area contributed by atoms with Gasteiger partial charge < -0.3 is 4.74 Å². The molecule has 0 atom stereocenters. The van der Waals surface area contributed by atoms with Crippen LogP contribution in [0.25, 0.3) is 0 Å². The largest absolute Gasteiger partial charge is 0.497 e. The fraction of sp³-hybridized carbons (Fsp3) is 0.294. The first-order valence-electron chi connectivity index (χ1n) is 6.87. The second-order valence-corrected chi connectivity index (χ2v) is 5.22. The summed E-state index contributed by atoms with van der Waals surface area (Å²) in [6, 6.07) is 15.1. The van der Waals surface area contributed by atoms with Crippen molar-refractivity contribution >= 4 is 11.6 Å². The Balaban J connectivity index is 2.09. The number of hydrogen-bond acceptors (Lipinski definition) is 2. The van der Waals surface area contributed by atoms with E-state index in [9.17, 15) is 4.39 Å². The van der Waals surface area contributed by atoms with Crippen molar-refractivity contribution in [3.8, 4) is 5.75 Å². The Labute approximate surface area is 130 Å². The molecule has 4 heteroatoms. The fourth-order valence-corrected chi connectivity index (χ4v) is 2.44. The number of hydrogen-bond donors (Lipinski definition) is 0. The Kier molecular flexibility index (Phi) is 6.03. The fourth-order valence-electron chi connectivity index (χ4n) is 2.20. The minimum atomic E-state index is -0.248. The van der Waals surface area contributed by atoms with Crippen molar-refractivity contribution in [2.75, 3.05) is 19.5 Å². The first kappa shape index (κ1) is 15.8. The van der Waals surface area contributed by atoms with Crippen LogP contribution in [-0.2, 0) is 13.1 Å². The van der Waals surface area contributed by atoms with Gasteiger partial charge in [-0.15, -0.1) is 11.6 Å². The molecule has 2 rings (SSSR count). The summed E-state index contributed by atoms with van der Waals surface area (Å²) in [6.45, 7) is 1.98. The van der Waals surface area contributed by atoms with Crippen LogP contribution in [0.3, 0.4) is 0 Å². The average Bonchev–Trinajstić information content (AvgIpc) is 2.50. The van der Waals surface area contributed by atoms with Crippen molar-refractivity contribution in [2.45, 2.75) is 13.1 Å². The van der Waals surface area contributed by atoms with Gasteiger partial charge in [0.15, 0.2) is 0 Å². The van der Waals surface area contributed by atoms with Crippen molar-refractivity contribution < 1.29 is 9.13 Å². The van der Waals surface area contributed by atoms with Crippen molar-refractivity contribution in [3.63, 3.8) is 0 Å². The van der Waals surface area contributed by atoms with Crippen LogP contribution in [0.5, 0.6) is 5.75 Å². The van der Waals surface area contributed by atoms with Gasteiger partial charge in [0.2, 0.25) is 0 Å². The molecule has 0 N–H and O–H groups in total. The molecular weight excluding hydrogens is 289 g/mol. The highest BCUT2D eigenvalue weighted by atomic mass is 35.5. The third-order valence-corrected chi connectivity index (χ3v) is 3.47. The number of nitrogens with zero attached hydrogens (tertiary/aromatic N) is 1. The molecule has 2 aromatic carbocycles. The Morgan fingerprint density at radius 2 is 1.86 bits per heavy atom. The highest BCUT2D eigenvalue weighted by Crippen LogP contribution is 2.18. The summed E-state index contributed by atoms with van der Waals surface area (Å²) in [6.07, 6.45) is 0. The topological polar surface area (TPSA) is 12.5 Å². The van der Waals surface area contributed by atoms with Crippen LogP contribution in [-0.4, -0.2) is 24.4 Å². The summed E-state index contributed by atoms with van der Waals surface area (Å²) in [5.74, 6) is 0.801. The molecule has 0 bridgehead atoms. The zero-order valence-electron chi connectivity index (χ0n) is 12.1. The van der Waals surface area contributed by atoms with E-state index in [0.717, 1.165) is 6.54 Å². The molecule has 0 fully saturated rings. The minimum Gasteiger partial charge on any atom is -0.497 e. The maximum atomic E-state index is 14.0. The molecule has 0 aliphatic carbocycles. The van der Waals surface area contributed by atoms with Crippen molar-refractivity contribution in [1.82, 2.24) is 4.90 Å². The number of halogens is 2. The summed E-state index contributed by atoms with van der Waals surface area (Å²) in [5.41, 5.74) is 1.84.